The fourth-order valence-electron chi connectivity index (χ4n) is 3.43. The van der Waals surface area contributed by atoms with E-state index >= 15 is 0 Å². The lowest BCUT2D eigenvalue weighted by Crippen LogP contribution is -2.30. The first-order valence-electron chi connectivity index (χ1n) is 8.08. The van der Waals surface area contributed by atoms with Gasteiger partial charge in [-0.15, -0.1) is 0 Å². The van der Waals surface area contributed by atoms with Gasteiger partial charge in [-0.05, 0) is 43.7 Å². The largest absolute Gasteiger partial charge is 0.350 e. The van der Waals surface area contributed by atoms with Crippen LogP contribution in [0.15, 0.2) is 12.1 Å². The predicted octanol–water partition coefficient (Wildman–Crippen LogP) is 3.16. The average molecular weight is 272 g/mol. The van der Waals surface area contributed by atoms with Crippen LogP contribution in [0.2, 0.25) is 0 Å². The Hall–Kier alpha value is -1.38. The molecular formula is C17H24N2O. The van der Waals surface area contributed by atoms with E-state index < -0.39 is 0 Å². The Bertz CT molecular complexity index is 476. The van der Waals surface area contributed by atoms with E-state index in [9.17, 15) is 4.79 Å². The van der Waals surface area contributed by atoms with Gasteiger partial charge in [0.05, 0.1) is 12.2 Å². The minimum atomic E-state index is 0.229. The van der Waals surface area contributed by atoms with Gasteiger partial charge >= 0.3 is 0 Å². The fourth-order valence-corrected chi connectivity index (χ4v) is 3.43. The highest BCUT2D eigenvalue weighted by Gasteiger charge is 2.20. The average Bonchev–Trinajstić information content (AvgIpc) is 2.76. The van der Waals surface area contributed by atoms with Gasteiger partial charge < -0.3 is 5.32 Å². The number of amides is 1. The van der Waals surface area contributed by atoms with E-state index in [0.717, 1.165) is 31.4 Å². The fraction of sp³-hybridized carbons (Fsp3) is 0.647. The van der Waals surface area contributed by atoms with Crippen molar-refractivity contribution in [2.45, 2.75) is 64.3 Å². The van der Waals surface area contributed by atoms with Crippen molar-refractivity contribution in [1.82, 2.24) is 10.3 Å². The Balaban J connectivity index is 1.54. The summed E-state index contributed by atoms with van der Waals surface area (Å²) < 4.78 is 0. The van der Waals surface area contributed by atoms with Crippen LogP contribution in [0.1, 0.15) is 61.9 Å². The maximum Gasteiger partial charge on any atom is 0.223 e. The first-order chi connectivity index (χ1) is 9.83. The molecule has 0 spiro atoms. The van der Waals surface area contributed by atoms with Crippen molar-refractivity contribution in [3.8, 4) is 0 Å². The number of nitrogens with zero attached hydrogens (tertiary/aromatic N) is 1. The summed E-state index contributed by atoms with van der Waals surface area (Å²) in [4.78, 5) is 16.9. The van der Waals surface area contributed by atoms with Crippen LogP contribution in [-0.4, -0.2) is 10.9 Å². The van der Waals surface area contributed by atoms with E-state index in [2.05, 4.69) is 22.4 Å². The molecular weight excluding hydrogens is 248 g/mol. The number of carbonyl (C=O) groups is 1. The molecule has 1 N–H and O–H groups in total. The summed E-state index contributed by atoms with van der Waals surface area (Å²) in [5.74, 6) is 0.459. The molecule has 3 rings (SSSR count). The number of pyridine rings is 1. The van der Waals surface area contributed by atoms with E-state index in [-0.39, 0.29) is 11.8 Å². The van der Waals surface area contributed by atoms with Crippen molar-refractivity contribution in [2.24, 2.45) is 5.92 Å². The molecule has 0 aliphatic heterocycles. The van der Waals surface area contributed by atoms with Gasteiger partial charge in [0.2, 0.25) is 5.91 Å². The zero-order valence-electron chi connectivity index (χ0n) is 12.2. The second-order valence-electron chi connectivity index (χ2n) is 6.17. The molecule has 1 saturated carbocycles. The minimum absolute atomic E-state index is 0.229. The topological polar surface area (TPSA) is 42.0 Å². The number of aryl methyl sites for hydroxylation is 2. The van der Waals surface area contributed by atoms with Crippen molar-refractivity contribution in [1.29, 1.82) is 0 Å². The summed E-state index contributed by atoms with van der Waals surface area (Å²) in [6, 6.07) is 4.25. The second kappa shape index (κ2) is 6.38. The monoisotopic (exact) mass is 272 g/mol. The third-order valence-electron chi connectivity index (χ3n) is 4.66. The van der Waals surface area contributed by atoms with Crippen LogP contribution in [0, 0.1) is 5.92 Å². The molecule has 0 radical (unpaired) electrons. The molecule has 1 fully saturated rings. The maximum atomic E-state index is 12.2. The Morgan fingerprint density at radius 2 is 1.90 bits per heavy atom. The normalized spacial score (nSPS) is 19.4. The van der Waals surface area contributed by atoms with Crippen molar-refractivity contribution >= 4 is 5.91 Å². The van der Waals surface area contributed by atoms with Gasteiger partial charge in [0.15, 0.2) is 0 Å². The van der Waals surface area contributed by atoms with Crippen LogP contribution in [0.25, 0.3) is 0 Å². The molecule has 20 heavy (non-hydrogen) atoms. The smallest absolute Gasteiger partial charge is 0.223 e. The lowest BCUT2D eigenvalue weighted by atomic mass is 9.99. The van der Waals surface area contributed by atoms with Gasteiger partial charge in [-0.2, -0.15) is 0 Å². The number of carbonyl (C=O) groups excluding carboxylic acids is 1. The van der Waals surface area contributed by atoms with Gasteiger partial charge in [0, 0.05) is 11.6 Å². The van der Waals surface area contributed by atoms with E-state index in [1.165, 1.54) is 43.4 Å². The van der Waals surface area contributed by atoms with Gasteiger partial charge in [-0.3, -0.25) is 9.78 Å². The predicted molar refractivity (Wildman–Crippen MR) is 79.3 cm³/mol. The van der Waals surface area contributed by atoms with E-state index in [0.29, 0.717) is 6.54 Å². The molecule has 3 heteroatoms. The van der Waals surface area contributed by atoms with Gasteiger partial charge in [0.1, 0.15) is 0 Å². The van der Waals surface area contributed by atoms with Crippen LogP contribution < -0.4 is 5.32 Å². The molecule has 1 aromatic heterocycles. The molecule has 0 unspecified atom stereocenters. The molecule has 2 aliphatic carbocycles. The van der Waals surface area contributed by atoms with Crippen LogP contribution in [0.5, 0.6) is 0 Å². The summed E-state index contributed by atoms with van der Waals surface area (Å²) in [5, 5.41) is 3.09. The lowest BCUT2D eigenvalue weighted by molar-refractivity contribution is -0.125. The van der Waals surface area contributed by atoms with Gasteiger partial charge in [-0.25, -0.2) is 0 Å². The number of fused-ring (bicyclic) bond motifs is 1. The molecule has 3 nitrogen and oxygen atoms in total. The first-order valence-corrected chi connectivity index (χ1v) is 8.08. The van der Waals surface area contributed by atoms with Crippen LogP contribution in [0.4, 0.5) is 0 Å². The first kappa shape index (κ1) is 13.6. The highest BCUT2D eigenvalue weighted by Crippen LogP contribution is 2.23. The number of aromatic nitrogens is 1. The van der Waals surface area contributed by atoms with E-state index in [1.54, 1.807) is 0 Å². The lowest BCUT2D eigenvalue weighted by Gasteiger charge is -2.14. The quantitative estimate of drug-likeness (QED) is 0.859. The Morgan fingerprint density at radius 1 is 1.10 bits per heavy atom. The molecule has 0 aromatic carbocycles. The molecule has 0 saturated heterocycles. The Morgan fingerprint density at radius 3 is 2.70 bits per heavy atom. The number of rotatable bonds is 3. The van der Waals surface area contributed by atoms with Crippen molar-refractivity contribution < 1.29 is 4.79 Å². The Labute approximate surface area is 121 Å². The highest BCUT2D eigenvalue weighted by atomic mass is 16.1. The summed E-state index contributed by atoms with van der Waals surface area (Å²) >= 11 is 0. The Kier molecular flexibility index (Phi) is 4.34. The SMILES string of the molecule is O=C(NCc1ccc2c(n1)CCC2)C1CCCCCC1. The molecule has 108 valence electrons. The maximum absolute atomic E-state index is 12.2. The standard InChI is InChI=1S/C17H24N2O/c20-17(14-6-3-1-2-4-7-14)18-12-15-11-10-13-8-5-9-16(13)19-15/h10-11,14H,1-9,12H2,(H,18,20). The molecule has 2 aliphatic rings. The van der Waals surface area contributed by atoms with Crippen LogP contribution in [-0.2, 0) is 24.2 Å². The zero-order chi connectivity index (χ0) is 13.8. The molecule has 1 aromatic rings. The van der Waals surface area contributed by atoms with Crippen LogP contribution >= 0.6 is 0 Å². The number of hydrogen-bond donors (Lipinski definition) is 1. The minimum Gasteiger partial charge on any atom is -0.350 e. The second-order valence-corrected chi connectivity index (χ2v) is 6.17. The van der Waals surface area contributed by atoms with Gasteiger partial charge in [-0.1, -0.05) is 31.7 Å². The van der Waals surface area contributed by atoms with E-state index in [4.69, 9.17) is 0 Å². The van der Waals surface area contributed by atoms with E-state index in [1.807, 2.05) is 0 Å². The molecule has 1 amide bonds. The summed E-state index contributed by atoms with van der Waals surface area (Å²) in [6.07, 6.45) is 10.6. The van der Waals surface area contributed by atoms with Gasteiger partial charge in [0.25, 0.3) is 0 Å². The van der Waals surface area contributed by atoms with Crippen LogP contribution in [0.3, 0.4) is 0 Å². The third kappa shape index (κ3) is 3.20. The summed E-state index contributed by atoms with van der Waals surface area (Å²) in [7, 11) is 0. The zero-order valence-corrected chi connectivity index (χ0v) is 12.2. The number of nitrogens with one attached hydrogen (secondary N) is 1. The molecule has 1 heterocycles. The van der Waals surface area contributed by atoms with Crippen molar-refractivity contribution in [3.63, 3.8) is 0 Å². The number of hydrogen-bond acceptors (Lipinski definition) is 2. The summed E-state index contributed by atoms with van der Waals surface area (Å²) in [6.45, 7) is 0.586. The summed E-state index contributed by atoms with van der Waals surface area (Å²) in [5.41, 5.74) is 3.64. The third-order valence-corrected chi connectivity index (χ3v) is 4.66. The highest BCUT2D eigenvalue weighted by molar-refractivity contribution is 5.78. The molecule has 0 bridgehead atoms. The molecule has 0 atom stereocenters. The van der Waals surface area contributed by atoms with Crippen molar-refractivity contribution in [3.05, 3.63) is 29.1 Å². The van der Waals surface area contributed by atoms with Crippen molar-refractivity contribution in [2.75, 3.05) is 0 Å².